The minimum Gasteiger partial charge on any atom is -0.382 e. The van der Waals surface area contributed by atoms with Gasteiger partial charge in [0.05, 0.1) is 6.54 Å². The first-order valence-corrected chi connectivity index (χ1v) is 6.41. The van der Waals surface area contributed by atoms with Crippen LogP contribution >= 0.6 is 12.6 Å². The number of aromatic nitrogens is 3. The number of hydrogen-bond donors (Lipinski definition) is 2. The first-order chi connectivity index (χ1) is 9.24. The lowest BCUT2D eigenvalue weighted by Gasteiger charge is -2.39. The first-order valence-electron chi connectivity index (χ1n) is 5.97. The Balaban J connectivity index is 2.52. The maximum absolute atomic E-state index is 14.0. The topological polar surface area (TPSA) is 50.9 Å². The van der Waals surface area contributed by atoms with E-state index in [1.54, 1.807) is 13.8 Å². The number of aliphatic hydroxyl groups is 1. The van der Waals surface area contributed by atoms with Crippen molar-refractivity contribution in [2.45, 2.75) is 30.7 Å². The predicted molar refractivity (Wildman–Crippen MR) is 73.3 cm³/mol. The van der Waals surface area contributed by atoms with Crippen LogP contribution in [0.5, 0.6) is 0 Å². The molecule has 0 amide bonds. The molecule has 1 heterocycles. The van der Waals surface area contributed by atoms with Gasteiger partial charge in [0.25, 0.3) is 0 Å². The summed E-state index contributed by atoms with van der Waals surface area (Å²) in [6, 6.07) is 3.06. The number of halogens is 2. The molecule has 0 bridgehead atoms. The molecule has 108 valence electrons. The van der Waals surface area contributed by atoms with E-state index < -0.39 is 22.0 Å². The molecule has 2 aromatic rings. The molecule has 0 aliphatic rings. The lowest BCUT2D eigenvalue weighted by molar-refractivity contribution is -0.0162. The molecule has 4 nitrogen and oxygen atoms in total. The molecule has 0 aliphatic carbocycles. The maximum atomic E-state index is 14.0. The minimum atomic E-state index is -1.68. The van der Waals surface area contributed by atoms with Crippen molar-refractivity contribution < 1.29 is 13.9 Å². The van der Waals surface area contributed by atoms with E-state index in [0.717, 1.165) is 12.1 Å². The smallest absolute Gasteiger partial charge is 0.137 e. The lowest BCUT2D eigenvalue weighted by Crippen LogP contribution is -2.47. The van der Waals surface area contributed by atoms with E-state index in [1.165, 1.54) is 23.4 Å². The van der Waals surface area contributed by atoms with Crippen LogP contribution in [-0.2, 0) is 12.1 Å². The van der Waals surface area contributed by atoms with Gasteiger partial charge in [-0.25, -0.2) is 18.4 Å². The van der Waals surface area contributed by atoms with Crippen LogP contribution in [0, 0.1) is 11.6 Å². The largest absolute Gasteiger partial charge is 0.382 e. The highest BCUT2D eigenvalue weighted by atomic mass is 32.1. The summed E-state index contributed by atoms with van der Waals surface area (Å²) in [4.78, 5) is 3.78. The number of thiol groups is 1. The Morgan fingerprint density at radius 3 is 2.55 bits per heavy atom. The van der Waals surface area contributed by atoms with Crippen LogP contribution in [0.15, 0.2) is 30.9 Å². The van der Waals surface area contributed by atoms with Gasteiger partial charge in [0.1, 0.15) is 29.9 Å². The highest BCUT2D eigenvalue weighted by molar-refractivity contribution is 7.81. The van der Waals surface area contributed by atoms with Gasteiger partial charge >= 0.3 is 0 Å². The van der Waals surface area contributed by atoms with E-state index in [-0.39, 0.29) is 12.1 Å². The van der Waals surface area contributed by atoms with Crippen molar-refractivity contribution in [3.8, 4) is 0 Å². The summed E-state index contributed by atoms with van der Waals surface area (Å²) in [5.74, 6) is -1.53. The first kappa shape index (κ1) is 14.9. The van der Waals surface area contributed by atoms with Crippen LogP contribution in [0.1, 0.15) is 19.4 Å². The Morgan fingerprint density at radius 1 is 1.35 bits per heavy atom. The average molecular weight is 299 g/mol. The zero-order valence-corrected chi connectivity index (χ0v) is 12.0. The highest BCUT2D eigenvalue weighted by Gasteiger charge is 2.45. The third-order valence-corrected chi connectivity index (χ3v) is 3.62. The Morgan fingerprint density at radius 2 is 2.05 bits per heavy atom. The second-order valence-corrected chi connectivity index (χ2v) is 6.25. The monoisotopic (exact) mass is 299 g/mol. The Kier molecular flexibility index (Phi) is 3.84. The van der Waals surface area contributed by atoms with Crippen molar-refractivity contribution in [3.63, 3.8) is 0 Å². The van der Waals surface area contributed by atoms with Gasteiger partial charge in [0.2, 0.25) is 0 Å². The molecule has 2 rings (SSSR count). The van der Waals surface area contributed by atoms with Crippen molar-refractivity contribution in [2.24, 2.45) is 0 Å². The molecular formula is C13H15F2N3OS. The summed E-state index contributed by atoms with van der Waals surface area (Å²) in [5.41, 5.74) is -1.71. The van der Waals surface area contributed by atoms with Crippen LogP contribution in [0.4, 0.5) is 8.78 Å². The molecule has 0 aliphatic heterocycles. The molecule has 20 heavy (non-hydrogen) atoms. The number of benzene rings is 1. The Labute approximate surface area is 120 Å². The molecular weight excluding hydrogens is 284 g/mol. The molecule has 0 radical (unpaired) electrons. The van der Waals surface area contributed by atoms with Crippen molar-refractivity contribution in [3.05, 3.63) is 48.1 Å². The fourth-order valence-corrected chi connectivity index (χ4v) is 2.17. The van der Waals surface area contributed by atoms with E-state index in [9.17, 15) is 13.9 Å². The van der Waals surface area contributed by atoms with Gasteiger partial charge in [-0.3, -0.25) is 0 Å². The molecule has 7 heteroatoms. The predicted octanol–water partition coefficient (Wildman–Crippen LogP) is 2.15. The summed E-state index contributed by atoms with van der Waals surface area (Å²) >= 11 is 4.36. The average Bonchev–Trinajstić information content (AvgIpc) is 2.79. The normalized spacial score (nSPS) is 15.1. The van der Waals surface area contributed by atoms with Crippen molar-refractivity contribution in [1.82, 2.24) is 14.8 Å². The van der Waals surface area contributed by atoms with Crippen LogP contribution in [0.25, 0.3) is 0 Å². The summed E-state index contributed by atoms with van der Waals surface area (Å²) in [7, 11) is 0. The van der Waals surface area contributed by atoms with Crippen LogP contribution < -0.4 is 0 Å². The minimum absolute atomic E-state index is 0.0330. The van der Waals surface area contributed by atoms with Gasteiger partial charge in [-0.2, -0.15) is 17.7 Å². The van der Waals surface area contributed by atoms with Gasteiger partial charge < -0.3 is 5.11 Å². The van der Waals surface area contributed by atoms with Crippen LogP contribution in [0.2, 0.25) is 0 Å². The van der Waals surface area contributed by atoms with E-state index >= 15 is 0 Å². The van der Waals surface area contributed by atoms with Gasteiger partial charge in [0, 0.05) is 16.4 Å². The molecule has 1 N–H and O–H groups in total. The summed E-state index contributed by atoms with van der Waals surface area (Å²) in [5, 5.41) is 14.8. The van der Waals surface area contributed by atoms with Gasteiger partial charge in [0.15, 0.2) is 0 Å². The highest BCUT2D eigenvalue weighted by Crippen LogP contribution is 2.40. The molecule has 0 unspecified atom stereocenters. The molecule has 1 aromatic carbocycles. The van der Waals surface area contributed by atoms with E-state index in [0.29, 0.717) is 0 Å². The second-order valence-electron chi connectivity index (χ2n) is 5.14. The van der Waals surface area contributed by atoms with E-state index in [1.807, 2.05) is 0 Å². The van der Waals surface area contributed by atoms with Gasteiger partial charge in [-0.05, 0) is 19.9 Å². The fourth-order valence-electron chi connectivity index (χ4n) is 1.98. The molecule has 0 saturated heterocycles. The quantitative estimate of drug-likeness (QED) is 0.851. The van der Waals surface area contributed by atoms with Gasteiger partial charge in [-0.1, -0.05) is 6.07 Å². The van der Waals surface area contributed by atoms with E-state index in [2.05, 4.69) is 22.7 Å². The van der Waals surface area contributed by atoms with Crippen LogP contribution in [-0.4, -0.2) is 24.6 Å². The standard InChI is InChI=1S/C13H15F2N3OS/c1-12(2,20)13(19,6-18-8-16-7-17-18)10-4-3-9(14)5-11(10)15/h3-5,7-8,19-20H,6H2,1-2H3/t13-/m0/s1. The zero-order valence-electron chi connectivity index (χ0n) is 11.1. The molecule has 0 fully saturated rings. The summed E-state index contributed by atoms with van der Waals surface area (Å²) < 4.78 is 27.5. The molecule has 0 spiro atoms. The molecule has 0 saturated carbocycles. The third kappa shape index (κ3) is 2.69. The SMILES string of the molecule is CC(C)(S)[C@](O)(Cn1cncn1)c1ccc(F)cc1F. The summed E-state index contributed by atoms with van der Waals surface area (Å²) in [6.07, 6.45) is 2.72. The fraction of sp³-hybridized carbons (Fsp3) is 0.385. The van der Waals surface area contributed by atoms with Crippen molar-refractivity contribution in [1.29, 1.82) is 0 Å². The lowest BCUT2D eigenvalue weighted by atomic mass is 9.82. The van der Waals surface area contributed by atoms with Gasteiger partial charge in [-0.15, -0.1) is 0 Å². The Hall–Kier alpha value is -1.47. The summed E-state index contributed by atoms with van der Waals surface area (Å²) in [6.45, 7) is 3.25. The number of rotatable bonds is 4. The second kappa shape index (κ2) is 5.14. The third-order valence-electron chi connectivity index (χ3n) is 3.25. The van der Waals surface area contributed by atoms with Crippen LogP contribution in [0.3, 0.4) is 0 Å². The van der Waals surface area contributed by atoms with E-state index in [4.69, 9.17) is 0 Å². The Bertz CT molecular complexity index is 598. The molecule has 1 aromatic heterocycles. The maximum Gasteiger partial charge on any atom is 0.137 e. The number of hydrogen-bond acceptors (Lipinski definition) is 4. The van der Waals surface area contributed by atoms with Crippen molar-refractivity contribution >= 4 is 12.6 Å². The number of nitrogens with zero attached hydrogens (tertiary/aromatic N) is 3. The van der Waals surface area contributed by atoms with Crippen molar-refractivity contribution in [2.75, 3.05) is 0 Å². The zero-order chi connectivity index (χ0) is 15.0. The molecule has 1 atom stereocenters.